The third-order valence-electron chi connectivity index (χ3n) is 5.75. The quantitative estimate of drug-likeness (QED) is 0.696. The zero-order chi connectivity index (χ0) is 22.2. The van der Waals surface area contributed by atoms with Crippen molar-refractivity contribution in [3.05, 3.63) is 44.4 Å². The molecule has 0 saturated carbocycles. The Kier molecular flexibility index (Phi) is 6.21. The van der Waals surface area contributed by atoms with Crippen LogP contribution in [0, 0.1) is 11.7 Å². The maximum absolute atomic E-state index is 13.9. The monoisotopic (exact) mass is 481 g/mol. The van der Waals surface area contributed by atoms with E-state index in [-0.39, 0.29) is 27.1 Å². The van der Waals surface area contributed by atoms with E-state index in [1.165, 1.54) is 25.3 Å². The summed E-state index contributed by atoms with van der Waals surface area (Å²) >= 11 is 3.15. The molecule has 1 aromatic carbocycles. The highest BCUT2D eigenvalue weighted by Gasteiger charge is 2.44. The number of hydrogen-bond donors (Lipinski definition) is 2. The van der Waals surface area contributed by atoms with Gasteiger partial charge in [-0.1, -0.05) is 13.8 Å². The Hall–Kier alpha value is -2.42. The molecule has 7 nitrogen and oxygen atoms in total. The maximum atomic E-state index is 13.9. The molecule has 2 heterocycles. The first-order chi connectivity index (χ1) is 14.1. The molecule has 2 amide bonds. The normalized spacial score (nSPS) is 19.9. The molecular formula is C21H25BrFN3O4. The molecule has 1 saturated heterocycles. The van der Waals surface area contributed by atoms with Crippen LogP contribution in [0.3, 0.4) is 0 Å². The van der Waals surface area contributed by atoms with Crippen LogP contribution in [-0.2, 0) is 15.1 Å². The van der Waals surface area contributed by atoms with Crippen molar-refractivity contribution in [2.75, 3.05) is 13.7 Å². The number of nitrogens with zero attached hydrogens (tertiary/aromatic N) is 1. The van der Waals surface area contributed by atoms with Gasteiger partial charge in [0.25, 0.3) is 0 Å². The third-order valence-corrected chi connectivity index (χ3v) is 6.36. The Morgan fingerprint density at radius 2 is 2.03 bits per heavy atom. The van der Waals surface area contributed by atoms with Crippen LogP contribution in [0.2, 0.25) is 0 Å². The van der Waals surface area contributed by atoms with Gasteiger partial charge in [0.05, 0.1) is 22.6 Å². The molecule has 1 aliphatic rings. The summed E-state index contributed by atoms with van der Waals surface area (Å²) < 4.78 is 18.8. The first-order valence-corrected chi connectivity index (χ1v) is 10.6. The third kappa shape index (κ3) is 3.95. The van der Waals surface area contributed by atoms with E-state index in [2.05, 4.69) is 31.0 Å². The number of aromatic nitrogens is 1. The lowest BCUT2D eigenvalue weighted by Crippen LogP contribution is -2.55. The summed E-state index contributed by atoms with van der Waals surface area (Å²) in [5, 5.41) is 2.86. The van der Waals surface area contributed by atoms with E-state index in [1.54, 1.807) is 4.90 Å². The van der Waals surface area contributed by atoms with E-state index in [4.69, 9.17) is 0 Å². The fraction of sp³-hybridized carbons (Fsp3) is 0.476. The van der Waals surface area contributed by atoms with Gasteiger partial charge in [-0.25, -0.2) is 9.18 Å². The Labute approximate surface area is 182 Å². The molecule has 0 spiro atoms. The Balaban J connectivity index is 2.04. The molecule has 2 atom stereocenters. The second kappa shape index (κ2) is 8.37. The number of methoxy groups -OCH3 is 1. The molecule has 1 aliphatic heterocycles. The Bertz CT molecular complexity index is 1050. The number of hydrogen-bond acceptors (Lipinski definition) is 4. The summed E-state index contributed by atoms with van der Waals surface area (Å²) in [7, 11) is 1.25. The first kappa shape index (κ1) is 22.3. The molecule has 162 valence electrons. The van der Waals surface area contributed by atoms with Crippen LogP contribution in [0.5, 0.6) is 0 Å². The van der Waals surface area contributed by atoms with Crippen molar-refractivity contribution in [3.63, 3.8) is 0 Å². The molecule has 2 aromatic rings. The predicted octanol–water partition coefficient (Wildman–Crippen LogP) is 3.65. The molecular weight excluding hydrogens is 457 g/mol. The number of nitrogens with one attached hydrogen (secondary N) is 2. The zero-order valence-electron chi connectivity index (χ0n) is 17.3. The highest BCUT2D eigenvalue weighted by molar-refractivity contribution is 9.10. The van der Waals surface area contributed by atoms with E-state index in [9.17, 15) is 18.8 Å². The van der Waals surface area contributed by atoms with E-state index in [1.807, 2.05) is 20.8 Å². The molecule has 3 rings (SSSR count). The van der Waals surface area contributed by atoms with Crippen molar-refractivity contribution in [2.24, 2.45) is 5.92 Å². The smallest absolute Gasteiger partial charge is 0.407 e. The van der Waals surface area contributed by atoms with E-state index in [0.29, 0.717) is 24.2 Å². The summed E-state index contributed by atoms with van der Waals surface area (Å²) in [5.74, 6) is -0.911. The number of likely N-dealkylation sites (tertiary alicyclic amines) is 1. The first-order valence-electron chi connectivity index (χ1n) is 9.77. The van der Waals surface area contributed by atoms with Gasteiger partial charge in [-0.3, -0.25) is 9.59 Å². The summed E-state index contributed by atoms with van der Waals surface area (Å²) in [6.07, 6.45) is 0.721. The number of carbonyl (C=O) groups is 2. The van der Waals surface area contributed by atoms with Crippen molar-refractivity contribution in [1.29, 1.82) is 0 Å². The van der Waals surface area contributed by atoms with Crippen LogP contribution in [-0.4, -0.2) is 41.6 Å². The van der Waals surface area contributed by atoms with Gasteiger partial charge in [-0.05, 0) is 53.7 Å². The second-order valence-corrected chi connectivity index (χ2v) is 8.94. The average molecular weight is 482 g/mol. The number of H-pyrrole nitrogens is 1. The fourth-order valence-electron chi connectivity index (χ4n) is 4.00. The number of carbonyl (C=O) groups excluding carboxylic acids is 2. The number of fused-ring (bicyclic) bond motifs is 1. The number of amides is 2. The van der Waals surface area contributed by atoms with Gasteiger partial charge in [0, 0.05) is 23.7 Å². The number of aromatic amines is 1. The minimum Gasteiger partial charge on any atom is -0.453 e. The average Bonchev–Trinajstić information content (AvgIpc) is 3.09. The van der Waals surface area contributed by atoms with Crippen LogP contribution in [0.1, 0.15) is 39.3 Å². The highest BCUT2D eigenvalue weighted by Crippen LogP contribution is 2.38. The van der Waals surface area contributed by atoms with E-state index < -0.39 is 23.5 Å². The minimum atomic E-state index is -0.768. The van der Waals surface area contributed by atoms with Crippen LogP contribution in [0.25, 0.3) is 10.9 Å². The van der Waals surface area contributed by atoms with E-state index in [0.717, 1.165) is 6.42 Å². The highest BCUT2D eigenvalue weighted by atomic mass is 79.9. The van der Waals surface area contributed by atoms with Crippen LogP contribution < -0.4 is 10.7 Å². The Morgan fingerprint density at radius 3 is 2.67 bits per heavy atom. The molecule has 1 fully saturated rings. The summed E-state index contributed by atoms with van der Waals surface area (Å²) in [5.41, 5.74) is -0.0286. The number of rotatable bonds is 4. The molecule has 2 N–H and O–H groups in total. The lowest BCUT2D eigenvalue weighted by molar-refractivity contribution is -0.138. The van der Waals surface area contributed by atoms with Gasteiger partial charge in [-0.2, -0.15) is 0 Å². The van der Waals surface area contributed by atoms with Crippen LogP contribution in [0.15, 0.2) is 27.5 Å². The van der Waals surface area contributed by atoms with Crippen LogP contribution in [0.4, 0.5) is 9.18 Å². The van der Waals surface area contributed by atoms with Crippen molar-refractivity contribution < 1.29 is 18.7 Å². The van der Waals surface area contributed by atoms with Gasteiger partial charge in [0.15, 0.2) is 5.43 Å². The van der Waals surface area contributed by atoms with E-state index >= 15 is 0 Å². The fourth-order valence-corrected chi connectivity index (χ4v) is 4.34. The zero-order valence-corrected chi connectivity index (χ0v) is 18.9. The lowest BCUT2D eigenvalue weighted by Gasteiger charge is -2.38. The number of ether oxygens (including phenoxy) is 1. The van der Waals surface area contributed by atoms with Crippen molar-refractivity contribution in [1.82, 2.24) is 15.2 Å². The summed E-state index contributed by atoms with van der Waals surface area (Å²) in [6.45, 7) is 6.07. The molecule has 0 bridgehead atoms. The molecule has 30 heavy (non-hydrogen) atoms. The standard InChI is InChI=1S/C21H25BrFN3O4/c1-11(2)18(25-20(29)30-4)19(28)26-7-5-6-21(26,3)17-10-16(27)12-8-14(23)13(22)9-15(12)24-17/h8-11,18H,5-7H2,1-4H3,(H,24,27)(H,25,29)/t18-,21?/m0/s1. The van der Waals surface area contributed by atoms with Crippen molar-refractivity contribution in [2.45, 2.75) is 45.2 Å². The minimum absolute atomic E-state index is 0.156. The number of alkyl carbamates (subject to hydrolysis) is 1. The Morgan fingerprint density at radius 1 is 1.33 bits per heavy atom. The van der Waals surface area contributed by atoms with Crippen molar-refractivity contribution in [3.8, 4) is 0 Å². The summed E-state index contributed by atoms with van der Waals surface area (Å²) in [6, 6.07) is 3.39. The molecule has 1 aromatic heterocycles. The molecule has 0 radical (unpaired) electrons. The summed E-state index contributed by atoms with van der Waals surface area (Å²) in [4.78, 5) is 42.7. The van der Waals surface area contributed by atoms with Gasteiger partial charge in [0.2, 0.25) is 5.91 Å². The molecule has 1 unspecified atom stereocenters. The largest absolute Gasteiger partial charge is 0.453 e. The SMILES string of the molecule is COC(=O)N[C@H](C(=O)N1CCCC1(C)c1cc(=O)c2cc(F)c(Br)cc2[nH]1)C(C)C. The van der Waals surface area contributed by atoms with Gasteiger partial charge in [0.1, 0.15) is 11.9 Å². The lowest BCUT2D eigenvalue weighted by atomic mass is 9.91. The number of benzene rings is 1. The maximum Gasteiger partial charge on any atom is 0.407 e. The number of halogens is 2. The number of pyridine rings is 1. The second-order valence-electron chi connectivity index (χ2n) is 8.08. The predicted molar refractivity (Wildman–Crippen MR) is 115 cm³/mol. The van der Waals surface area contributed by atoms with Gasteiger partial charge in [-0.15, -0.1) is 0 Å². The van der Waals surface area contributed by atoms with Crippen molar-refractivity contribution >= 4 is 38.8 Å². The van der Waals surface area contributed by atoms with Gasteiger partial charge >= 0.3 is 6.09 Å². The van der Waals surface area contributed by atoms with Crippen LogP contribution >= 0.6 is 15.9 Å². The topological polar surface area (TPSA) is 91.5 Å². The molecule has 0 aliphatic carbocycles. The van der Waals surface area contributed by atoms with Gasteiger partial charge < -0.3 is 19.9 Å². The molecule has 9 heteroatoms.